The standard InChI is InChI=1S/C18H28N2O/c1-7-20(8-2)17(18(21)19(5)6)13-12-16-14(3)10-9-11-15(16)4/h9-13,17H,7-8H2,1-6H3/b13-12+. The summed E-state index contributed by atoms with van der Waals surface area (Å²) >= 11 is 0. The normalized spacial score (nSPS) is 12.9. The first-order chi connectivity index (χ1) is 9.92. The molecule has 0 N–H and O–H groups in total. The predicted molar refractivity (Wildman–Crippen MR) is 90.4 cm³/mol. The molecule has 0 aliphatic heterocycles. The first kappa shape index (κ1) is 17.4. The molecule has 1 atom stereocenters. The zero-order valence-electron chi connectivity index (χ0n) is 14.2. The molecule has 1 amide bonds. The Hall–Kier alpha value is -1.61. The second-order valence-corrected chi connectivity index (χ2v) is 5.56. The summed E-state index contributed by atoms with van der Waals surface area (Å²) in [6.45, 7) is 10.1. The van der Waals surface area contributed by atoms with Gasteiger partial charge in [-0.15, -0.1) is 0 Å². The Kier molecular flexibility index (Phi) is 6.63. The van der Waals surface area contributed by atoms with Crippen LogP contribution in [-0.2, 0) is 4.79 Å². The maximum atomic E-state index is 12.4. The number of carbonyl (C=O) groups excluding carboxylic acids is 1. The van der Waals surface area contributed by atoms with E-state index in [1.165, 1.54) is 16.7 Å². The van der Waals surface area contributed by atoms with Gasteiger partial charge in [-0.3, -0.25) is 9.69 Å². The Labute approximate surface area is 129 Å². The topological polar surface area (TPSA) is 23.6 Å². The zero-order chi connectivity index (χ0) is 16.0. The van der Waals surface area contributed by atoms with Crippen molar-refractivity contribution >= 4 is 12.0 Å². The summed E-state index contributed by atoms with van der Waals surface area (Å²) < 4.78 is 0. The van der Waals surface area contributed by atoms with E-state index in [2.05, 4.69) is 56.9 Å². The summed E-state index contributed by atoms with van der Waals surface area (Å²) in [4.78, 5) is 16.3. The van der Waals surface area contributed by atoms with Gasteiger partial charge in [0.05, 0.1) is 0 Å². The summed E-state index contributed by atoms with van der Waals surface area (Å²) in [7, 11) is 3.62. The number of nitrogens with zero attached hydrogens (tertiary/aromatic N) is 2. The second kappa shape index (κ2) is 7.99. The lowest BCUT2D eigenvalue weighted by atomic mass is 10.0. The number of amides is 1. The molecule has 0 saturated heterocycles. The Bertz CT molecular complexity index is 482. The molecule has 0 heterocycles. The fourth-order valence-electron chi connectivity index (χ4n) is 2.52. The number of rotatable bonds is 6. The molecule has 0 fully saturated rings. The molecule has 0 aliphatic rings. The molecule has 1 aromatic carbocycles. The van der Waals surface area contributed by atoms with Gasteiger partial charge in [0.2, 0.25) is 5.91 Å². The molecule has 0 bridgehead atoms. The van der Waals surface area contributed by atoms with E-state index in [1.807, 2.05) is 20.2 Å². The van der Waals surface area contributed by atoms with Crippen molar-refractivity contribution in [1.29, 1.82) is 0 Å². The van der Waals surface area contributed by atoms with Gasteiger partial charge < -0.3 is 4.90 Å². The Morgan fingerprint density at radius 2 is 1.67 bits per heavy atom. The van der Waals surface area contributed by atoms with Gasteiger partial charge in [-0.25, -0.2) is 0 Å². The molecule has 1 rings (SSSR count). The lowest BCUT2D eigenvalue weighted by Crippen LogP contribution is -2.45. The van der Waals surface area contributed by atoms with Gasteiger partial charge >= 0.3 is 0 Å². The number of hydrogen-bond donors (Lipinski definition) is 0. The van der Waals surface area contributed by atoms with Crippen LogP contribution in [0.5, 0.6) is 0 Å². The minimum Gasteiger partial charge on any atom is -0.347 e. The van der Waals surface area contributed by atoms with E-state index in [4.69, 9.17) is 0 Å². The summed E-state index contributed by atoms with van der Waals surface area (Å²) in [6.07, 6.45) is 4.12. The van der Waals surface area contributed by atoms with Gasteiger partial charge in [-0.2, -0.15) is 0 Å². The van der Waals surface area contributed by atoms with Crippen LogP contribution in [0.3, 0.4) is 0 Å². The van der Waals surface area contributed by atoms with Crippen LogP contribution >= 0.6 is 0 Å². The van der Waals surface area contributed by atoms with E-state index in [9.17, 15) is 4.79 Å². The minimum absolute atomic E-state index is 0.126. The monoisotopic (exact) mass is 288 g/mol. The number of likely N-dealkylation sites (N-methyl/N-ethyl adjacent to an activating group) is 2. The average Bonchev–Trinajstić information content (AvgIpc) is 2.45. The number of aryl methyl sites for hydroxylation is 2. The average molecular weight is 288 g/mol. The first-order valence-electron chi connectivity index (χ1n) is 7.62. The van der Waals surface area contributed by atoms with Gasteiger partial charge in [-0.05, 0) is 43.6 Å². The van der Waals surface area contributed by atoms with Crippen molar-refractivity contribution in [1.82, 2.24) is 9.80 Å². The highest BCUT2D eigenvalue weighted by Gasteiger charge is 2.22. The van der Waals surface area contributed by atoms with Crippen molar-refractivity contribution in [3.8, 4) is 0 Å². The summed E-state index contributed by atoms with van der Waals surface area (Å²) in [5, 5.41) is 0. The van der Waals surface area contributed by atoms with Gasteiger partial charge in [0.25, 0.3) is 0 Å². The molecule has 0 spiro atoms. The van der Waals surface area contributed by atoms with E-state index >= 15 is 0 Å². The number of benzene rings is 1. The van der Waals surface area contributed by atoms with Crippen LogP contribution in [0.4, 0.5) is 0 Å². The highest BCUT2D eigenvalue weighted by Crippen LogP contribution is 2.16. The fourth-order valence-corrected chi connectivity index (χ4v) is 2.52. The van der Waals surface area contributed by atoms with Crippen LogP contribution in [-0.4, -0.2) is 48.9 Å². The molecule has 0 radical (unpaired) electrons. The third-order valence-corrected chi connectivity index (χ3v) is 3.89. The molecule has 21 heavy (non-hydrogen) atoms. The van der Waals surface area contributed by atoms with Crippen LogP contribution in [0.15, 0.2) is 24.3 Å². The Balaban J connectivity index is 3.11. The van der Waals surface area contributed by atoms with E-state index in [0.717, 1.165) is 13.1 Å². The van der Waals surface area contributed by atoms with E-state index in [0.29, 0.717) is 0 Å². The SMILES string of the molecule is CCN(CC)C(/C=C/c1c(C)cccc1C)C(=O)N(C)C. The quantitative estimate of drug-likeness (QED) is 0.803. The first-order valence-corrected chi connectivity index (χ1v) is 7.62. The second-order valence-electron chi connectivity index (χ2n) is 5.56. The molecule has 3 nitrogen and oxygen atoms in total. The van der Waals surface area contributed by atoms with Crippen molar-refractivity contribution in [3.05, 3.63) is 41.0 Å². The molecule has 0 aliphatic carbocycles. The summed E-state index contributed by atoms with van der Waals surface area (Å²) in [6, 6.07) is 6.07. The predicted octanol–water partition coefficient (Wildman–Crippen LogP) is 3.12. The van der Waals surface area contributed by atoms with Gasteiger partial charge in [0.1, 0.15) is 6.04 Å². The van der Waals surface area contributed by atoms with Gasteiger partial charge in [0.15, 0.2) is 0 Å². The molecule has 0 saturated carbocycles. The largest absolute Gasteiger partial charge is 0.347 e. The number of hydrogen-bond acceptors (Lipinski definition) is 2. The van der Waals surface area contributed by atoms with Gasteiger partial charge in [0, 0.05) is 14.1 Å². The molecule has 0 aromatic heterocycles. The molecule has 116 valence electrons. The summed E-state index contributed by atoms with van der Waals surface area (Å²) in [5.74, 6) is 0.126. The number of carbonyl (C=O) groups is 1. The maximum Gasteiger partial charge on any atom is 0.243 e. The molecule has 3 heteroatoms. The van der Waals surface area contributed by atoms with E-state index in [1.54, 1.807) is 4.90 Å². The molecular formula is C18H28N2O. The van der Waals surface area contributed by atoms with Crippen LogP contribution in [0.1, 0.15) is 30.5 Å². The third kappa shape index (κ3) is 4.43. The lowest BCUT2D eigenvalue weighted by molar-refractivity contribution is -0.132. The lowest BCUT2D eigenvalue weighted by Gasteiger charge is -2.28. The highest BCUT2D eigenvalue weighted by molar-refractivity contribution is 5.84. The fraction of sp³-hybridized carbons (Fsp3) is 0.500. The zero-order valence-corrected chi connectivity index (χ0v) is 14.2. The maximum absolute atomic E-state index is 12.4. The Morgan fingerprint density at radius 3 is 2.10 bits per heavy atom. The molecule has 1 unspecified atom stereocenters. The van der Waals surface area contributed by atoms with Crippen LogP contribution in [0.25, 0.3) is 6.08 Å². The molecular weight excluding hydrogens is 260 g/mol. The van der Waals surface area contributed by atoms with Crippen molar-refractivity contribution in [3.63, 3.8) is 0 Å². The highest BCUT2D eigenvalue weighted by atomic mass is 16.2. The van der Waals surface area contributed by atoms with Crippen LogP contribution in [0.2, 0.25) is 0 Å². The summed E-state index contributed by atoms with van der Waals surface area (Å²) in [5.41, 5.74) is 3.69. The van der Waals surface area contributed by atoms with Crippen LogP contribution in [0, 0.1) is 13.8 Å². The smallest absolute Gasteiger partial charge is 0.243 e. The van der Waals surface area contributed by atoms with E-state index < -0.39 is 0 Å². The van der Waals surface area contributed by atoms with Crippen molar-refractivity contribution in [2.24, 2.45) is 0 Å². The Morgan fingerprint density at radius 1 is 1.14 bits per heavy atom. The van der Waals surface area contributed by atoms with Crippen molar-refractivity contribution in [2.75, 3.05) is 27.2 Å². The van der Waals surface area contributed by atoms with Crippen molar-refractivity contribution in [2.45, 2.75) is 33.7 Å². The van der Waals surface area contributed by atoms with E-state index in [-0.39, 0.29) is 11.9 Å². The molecule has 1 aromatic rings. The third-order valence-electron chi connectivity index (χ3n) is 3.89. The minimum atomic E-state index is -0.200. The van der Waals surface area contributed by atoms with Crippen LogP contribution < -0.4 is 0 Å². The van der Waals surface area contributed by atoms with Crippen molar-refractivity contribution < 1.29 is 4.79 Å². The van der Waals surface area contributed by atoms with Gasteiger partial charge in [-0.1, -0.05) is 44.2 Å².